The first-order valence-corrected chi connectivity index (χ1v) is 9.52. The van der Waals surface area contributed by atoms with Crippen molar-refractivity contribution in [1.29, 1.82) is 0 Å². The number of methoxy groups -OCH3 is 1. The van der Waals surface area contributed by atoms with E-state index in [1.54, 1.807) is 13.3 Å². The minimum Gasteiger partial charge on any atom is -0.496 e. The Bertz CT molecular complexity index is 923. The molecule has 5 nitrogen and oxygen atoms in total. The van der Waals surface area contributed by atoms with E-state index in [9.17, 15) is 4.79 Å². The zero-order valence-electron chi connectivity index (χ0n) is 15.4. The maximum Gasteiger partial charge on any atom is 0.221 e. The van der Waals surface area contributed by atoms with Gasteiger partial charge in [-0.25, -0.2) is 4.98 Å². The predicted octanol–water partition coefficient (Wildman–Crippen LogP) is 4.03. The van der Waals surface area contributed by atoms with Crippen molar-refractivity contribution >= 4 is 21.8 Å². The van der Waals surface area contributed by atoms with Crippen LogP contribution >= 0.6 is 15.9 Å². The fourth-order valence-electron chi connectivity index (χ4n) is 3.02. The highest BCUT2D eigenvalue weighted by molar-refractivity contribution is 9.10. The van der Waals surface area contributed by atoms with Crippen LogP contribution < -0.4 is 10.1 Å². The lowest BCUT2D eigenvalue weighted by Gasteiger charge is -2.21. The monoisotopic (exact) mass is 427 g/mol. The first-order valence-electron chi connectivity index (χ1n) is 8.73. The van der Waals surface area contributed by atoms with Crippen LogP contribution in [0.5, 0.6) is 5.75 Å². The van der Waals surface area contributed by atoms with E-state index in [4.69, 9.17) is 4.74 Å². The van der Waals surface area contributed by atoms with E-state index < -0.39 is 0 Å². The van der Waals surface area contributed by atoms with Gasteiger partial charge in [0.2, 0.25) is 5.91 Å². The van der Waals surface area contributed by atoms with E-state index in [1.807, 2.05) is 66.3 Å². The Balaban J connectivity index is 1.81. The second-order valence-corrected chi connectivity index (χ2v) is 7.08. The molecule has 6 heteroatoms. The molecule has 0 aliphatic rings. The quantitative estimate of drug-likeness (QED) is 0.618. The average Bonchev–Trinajstić information content (AvgIpc) is 3.11. The molecule has 0 saturated carbocycles. The van der Waals surface area contributed by atoms with Crippen LogP contribution in [0.15, 0.2) is 65.4 Å². The van der Waals surface area contributed by atoms with Crippen LogP contribution in [0, 0.1) is 0 Å². The minimum absolute atomic E-state index is 0.0374. The van der Waals surface area contributed by atoms with Gasteiger partial charge in [-0.1, -0.05) is 52.3 Å². The lowest BCUT2D eigenvalue weighted by Crippen LogP contribution is -2.31. The molecule has 1 atom stereocenters. The first-order chi connectivity index (χ1) is 13.1. The highest BCUT2D eigenvalue weighted by Gasteiger charge is 2.23. The summed E-state index contributed by atoms with van der Waals surface area (Å²) in [6, 6.07) is 15.2. The number of nitrogens with one attached hydrogen (secondary N) is 1. The third-order valence-corrected chi connectivity index (χ3v) is 5.22. The van der Waals surface area contributed by atoms with Crippen molar-refractivity contribution < 1.29 is 9.53 Å². The molecule has 0 spiro atoms. The van der Waals surface area contributed by atoms with Crippen LogP contribution in [-0.2, 0) is 18.3 Å². The Hall–Kier alpha value is -2.60. The van der Waals surface area contributed by atoms with Crippen LogP contribution in [0.3, 0.4) is 0 Å². The van der Waals surface area contributed by atoms with Crippen molar-refractivity contribution in [2.45, 2.75) is 18.9 Å². The lowest BCUT2D eigenvalue weighted by atomic mass is 10.0. The van der Waals surface area contributed by atoms with E-state index in [0.717, 1.165) is 27.2 Å². The molecule has 3 rings (SSSR count). The summed E-state index contributed by atoms with van der Waals surface area (Å²) >= 11 is 3.53. The van der Waals surface area contributed by atoms with Crippen molar-refractivity contribution in [3.63, 3.8) is 0 Å². The van der Waals surface area contributed by atoms with Gasteiger partial charge in [0.1, 0.15) is 17.6 Å². The molecule has 2 aromatic carbocycles. The Morgan fingerprint density at radius 3 is 2.67 bits per heavy atom. The van der Waals surface area contributed by atoms with Gasteiger partial charge >= 0.3 is 0 Å². The number of hydrogen-bond acceptors (Lipinski definition) is 3. The Morgan fingerprint density at radius 1 is 1.22 bits per heavy atom. The number of rotatable bonds is 7. The lowest BCUT2D eigenvalue weighted by molar-refractivity contribution is -0.121. The molecule has 1 aromatic heterocycles. The Kier molecular flexibility index (Phi) is 6.29. The highest BCUT2D eigenvalue weighted by atomic mass is 79.9. The van der Waals surface area contributed by atoms with Crippen molar-refractivity contribution in [2.75, 3.05) is 7.11 Å². The summed E-state index contributed by atoms with van der Waals surface area (Å²) in [5, 5.41) is 3.12. The summed E-state index contributed by atoms with van der Waals surface area (Å²) in [5.74, 6) is 1.44. The van der Waals surface area contributed by atoms with Gasteiger partial charge in [-0.3, -0.25) is 4.79 Å². The van der Waals surface area contributed by atoms with Gasteiger partial charge in [0.25, 0.3) is 0 Å². The topological polar surface area (TPSA) is 56.1 Å². The van der Waals surface area contributed by atoms with Crippen LogP contribution in [0.4, 0.5) is 0 Å². The summed E-state index contributed by atoms with van der Waals surface area (Å²) in [7, 11) is 3.54. The maximum absolute atomic E-state index is 12.7. The Labute approximate surface area is 167 Å². The SMILES string of the molecule is COc1ccccc1C(NC(=O)CCc1ccccc1Br)c1nccn1C. The van der Waals surface area contributed by atoms with Crippen LogP contribution in [0.2, 0.25) is 0 Å². The summed E-state index contributed by atoms with van der Waals surface area (Å²) in [4.78, 5) is 17.2. The zero-order valence-corrected chi connectivity index (χ0v) is 16.9. The van der Waals surface area contributed by atoms with Crippen molar-refractivity contribution in [3.05, 3.63) is 82.3 Å². The van der Waals surface area contributed by atoms with Gasteiger partial charge in [0.15, 0.2) is 0 Å². The highest BCUT2D eigenvalue weighted by Crippen LogP contribution is 2.29. The average molecular weight is 428 g/mol. The van der Waals surface area contributed by atoms with Gasteiger partial charge in [0, 0.05) is 35.9 Å². The van der Waals surface area contributed by atoms with E-state index in [0.29, 0.717) is 12.8 Å². The van der Waals surface area contributed by atoms with Gasteiger partial charge in [-0.05, 0) is 24.1 Å². The van der Waals surface area contributed by atoms with Crippen molar-refractivity contribution in [3.8, 4) is 5.75 Å². The normalized spacial score (nSPS) is 11.8. The number of carbonyl (C=O) groups is 1. The molecule has 1 N–H and O–H groups in total. The number of ether oxygens (including phenoxy) is 1. The number of hydrogen-bond donors (Lipinski definition) is 1. The Morgan fingerprint density at radius 2 is 1.96 bits per heavy atom. The molecule has 0 radical (unpaired) electrons. The zero-order chi connectivity index (χ0) is 19.2. The number of halogens is 1. The van der Waals surface area contributed by atoms with Crippen LogP contribution in [0.1, 0.15) is 29.4 Å². The van der Waals surface area contributed by atoms with E-state index >= 15 is 0 Å². The summed E-state index contributed by atoms with van der Waals surface area (Å²) in [6.45, 7) is 0. The van der Waals surface area contributed by atoms with Gasteiger partial charge in [-0.2, -0.15) is 0 Å². The van der Waals surface area contributed by atoms with Gasteiger partial charge < -0.3 is 14.6 Å². The second-order valence-electron chi connectivity index (χ2n) is 6.23. The third kappa shape index (κ3) is 4.57. The maximum atomic E-state index is 12.7. The minimum atomic E-state index is -0.382. The number of amides is 1. The fourth-order valence-corrected chi connectivity index (χ4v) is 3.51. The molecule has 1 amide bonds. The van der Waals surface area contributed by atoms with E-state index in [-0.39, 0.29) is 11.9 Å². The standard InChI is InChI=1S/C21H22BrN3O2/c1-25-14-13-23-21(25)20(16-8-4-6-10-18(16)27-2)24-19(26)12-11-15-7-3-5-9-17(15)22/h3-10,13-14,20H,11-12H2,1-2H3,(H,24,26). The summed E-state index contributed by atoms with van der Waals surface area (Å²) in [5.41, 5.74) is 1.99. The van der Waals surface area contributed by atoms with Gasteiger partial charge in [-0.15, -0.1) is 0 Å². The summed E-state index contributed by atoms with van der Waals surface area (Å²) in [6.07, 6.45) is 4.64. The number of nitrogens with zero attached hydrogens (tertiary/aromatic N) is 2. The molecular weight excluding hydrogens is 406 g/mol. The number of aromatic nitrogens is 2. The summed E-state index contributed by atoms with van der Waals surface area (Å²) < 4.78 is 8.42. The third-order valence-electron chi connectivity index (χ3n) is 4.45. The molecule has 0 aliphatic carbocycles. The van der Waals surface area contributed by atoms with Crippen LogP contribution in [0.25, 0.3) is 0 Å². The van der Waals surface area contributed by atoms with E-state index in [2.05, 4.69) is 26.2 Å². The molecule has 0 fully saturated rings. The van der Waals surface area contributed by atoms with E-state index in [1.165, 1.54) is 0 Å². The molecule has 1 unspecified atom stereocenters. The molecule has 0 saturated heterocycles. The first kappa shape index (κ1) is 19.2. The predicted molar refractivity (Wildman–Crippen MR) is 109 cm³/mol. The molecule has 1 heterocycles. The molecule has 0 bridgehead atoms. The number of benzene rings is 2. The number of aryl methyl sites for hydroxylation is 2. The molecule has 3 aromatic rings. The van der Waals surface area contributed by atoms with Crippen molar-refractivity contribution in [1.82, 2.24) is 14.9 Å². The number of para-hydroxylation sites is 1. The molecule has 140 valence electrons. The molecule has 27 heavy (non-hydrogen) atoms. The molecule has 0 aliphatic heterocycles. The second kappa shape index (κ2) is 8.86. The number of carbonyl (C=O) groups excluding carboxylic acids is 1. The largest absolute Gasteiger partial charge is 0.496 e. The smallest absolute Gasteiger partial charge is 0.221 e. The van der Waals surface area contributed by atoms with Crippen molar-refractivity contribution in [2.24, 2.45) is 7.05 Å². The molecular formula is C21H22BrN3O2. The van der Waals surface area contributed by atoms with Crippen LogP contribution in [-0.4, -0.2) is 22.6 Å². The van der Waals surface area contributed by atoms with Gasteiger partial charge in [0.05, 0.1) is 7.11 Å². The fraction of sp³-hybridized carbons (Fsp3) is 0.238. The number of imidazole rings is 1.